The van der Waals surface area contributed by atoms with Crippen molar-refractivity contribution in [3.63, 3.8) is 0 Å². The number of aldehydes is 1. The van der Waals surface area contributed by atoms with Gasteiger partial charge in [0, 0.05) is 0 Å². The van der Waals surface area contributed by atoms with Gasteiger partial charge in [0.25, 0.3) is 0 Å². The first-order valence-corrected chi connectivity index (χ1v) is 10.6. The number of aliphatic carboxylic acids is 1. The molecule has 1 aliphatic heterocycles. The second-order valence-electron chi connectivity index (χ2n) is 5.89. The lowest BCUT2D eigenvalue weighted by molar-refractivity contribution is -0.250. The molecule has 8 N–H and O–H groups in total. The van der Waals surface area contributed by atoms with Crippen LogP contribution in [0.3, 0.4) is 0 Å². The Labute approximate surface area is 174 Å². The number of hydrogen-bond acceptors (Lipinski definition) is 14. The molecule has 0 bridgehead atoms. The van der Waals surface area contributed by atoms with Crippen LogP contribution in [0.15, 0.2) is 11.8 Å². The Hall–Kier alpha value is -1.78. The van der Waals surface area contributed by atoms with Crippen LogP contribution in [-0.2, 0) is 48.2 Å². The summed E-state index contributed by atoms with van der Waals surface area (Å²) >= 11 is 0. The summed E-state index contributed by atoms with van der Waals surface area (Å²) in [5.41, 5.74) is 5.30. The van der Waals surface area contributed by atoms with Crippen molar-refractivity contribution >= 4 is 33.1 Å². The summed E-state index contributed by atoms with van der Waals surface area (Å²) in [6.45, 7) is -1.30. The molecule has 0 saturated heterocycles. The highest BCUT2D eigenvalue weighted by Crippen LogP contribution is 2.26. The van der Waals surface area contributed by atoms with E-state index < -0.39 is 82.0 Å². The molecule has 0 aromatic heterocycles. The van der Waals surface area contributed by atoms with E-state index in [0.29, 0.717) is 6.08 Å². The summed E-state index contributed by atoms with van der Waals surface area (Å²) in [5, 5.41) is 39.1. The van der Waals surface area contributed by atoms with Crippen molar-refractivity contribution in [1.82, 2.24) is 0 Å². The van der Waals surface area contributed by atoms with Crippen molar-refractivity contribution in [3.8, 4) is 0 Å². The first kappa shape index (κ1) is 27.3. The van der Waals surface area contributed by atoms with Gasteiger partial charge in [-0.3, -0.25) is 9.11 Å². The Morgan fingerprint density at radius 3 is 2.26 bits per heavy atom. The molecule has 1 rings (SSSR count). The lowest BCUT2D eigenvalue weighted by Crippen LogP contribution is -2.56. The van der Waals surface area contributed by atoms with Crippen LogP contribution in [0, 0.1) is 0 Å². The maximum atomic E-state index is 11.1. The largest absolute Gasteiger partial charge is 0.475 e. The number of aliphatic hydroxyl groups is 3. The number of rotatable bonds is 12. The summed E-state index contributed by atoms with van der Waals surface area (Å²) in [4.78, 5) is 22.0. The molecular weight excluding hydrogens is 478 g/mol. The van der Waals surface area contributed by atoms with E-state index in [1.807, 2.05) is 0 Å². The maximum absolute atomic E-state index is 11.1. The van der Waals surface area contributed by atoms with Gasteiger partial charge in [-0.05, 0) is 6.08 Å². The molecule has 1 aliphatic rings. The lowest BCUT2D eigenvalue weighted by atomic mass is 10.0. The highest BCUT2D eigenvalue weighted by molar-refractivity contribution is 7.81. The molecule has 19 heteroatoms. The summed E-state index contributed by atoms with van der Waals surface area (Å²) in [6, 6.07) is -1.80. The van der Waals surface area contributed by atoms with E-state index in [1.165, 1.54) is 0 Å². The van der Waals surface area contributed by atoms with Crippen molar-refractivity contribution in [3.05, 3.63) is 11.8 Å². The number of carbonyl (C=O) groups excluding carboxylic acids is 1. The van der Waals surface area contributed by atoms with Gasteiger partial charge in [-0.2, -0.15) is 16.8 Å². The minimum Gasteiger partial charge on any atom is -0.475 e. The van der Waals surface area contributed by atoms with Gasteiger partial charge >= 0.3 is 26.8 Å². The number of hydrogen-bond donors (Lipinski definition) is 7. The molecule has 180 valence electrons. The van der Waals surface area contributed by atoms with Gasteiger partial charge < -0.3 is 40.4 Å². The Bertz CT molecular complexity index is 884. The van der Waals surface area contributed by atoms with Gasteiger partial charge in [0.15, 0.2) is 6.10 Å². The molecule has 0 spiro atoms. The predicted molar refractivity (Wildman–Crippen MR) is 91.4 cm³/mol. The van der Waals surface area contributed by atoms with Crippen LogP contribution in [0.25, 0.3) is 0 Å². The molecule has 0 aliphatic carbocycles. The SMILES string of the molecule is NC(C=O)C(O)C(OC1OC(C(=O)O)=CC(O)C1OS(=O)(=O)O)C(O)COS(=O)(=O)O. The summed E-state index contributed by atoms with van der Waals surface area (Å²) < 4.78 is 78.7. The standard InChI is InChI=1S/C12H19NO16S2/c13-4(2-14)8(17)9(6(16)3-26-30(20,21)22)28-12-10(29-31(23,24)25)5(15)1-7(27-12)11(18)19/h1-2,4-6,8-10,12,15-17H,3,13H2,(H,18,19)(H,20,21,22)(H,23,24,25). The van der Waals surface area contributed by atoms with E-state index in [4.69, 9.17) is 29.4 Å². The van der Waals surface area contributed by atoms with Crippen LogP contribution in [-0.4, -0.2) is 108 Å². The van der Waals surface area contributed by atoms with E-state index in [2.05, 4.69) is 8.37 Å². The average Bonchev–Trinajstić information content (AvgIpc) is 2.63. The van der Waals surface area contributed by atoms with Crippen molar-refractivity contribution < 1.29 is 73.8 Å². The molecule has 0 aromatic carbocycles. The van der Waals surface area contributed by atoms with Crippen molar-refractivity contribution in [1.29, 1.82) is 0 Å². The maximum Gasteiger partial charge on any atom is 0.397 e. The van der Waals surface area contributed by atoms with Gasteiger partial charge in [0.05, 0.1) is 12.6 Å². The van der Waals surface area contributed by atoms with Gasteiger partial charge in [0.2, 0.25) is 12.0 Å². The van der Waals surface area contributed by atoms with Gasteiger partial charge in [-0.1, -0.05) is 0 Å². The third kappa shape index (κ3) is 8.70. The monoisotopic (exact) mass is 497 g/mol. The Balaban J connectivity index is 3.27. The molecular formula is C12H19NO16S2. The van der Waals surface area contributed by atoms with E-state index in [9.17, 15) is 41.7 Å². The number of aliphatic hydroxyl groups excluding tert-OH is 3. The Morgan fingerprint density at radius 2 is 1.81 bits per heavy atom. The quantitative estimate of drug-likeness (QED) is 0.0984. The van der Waals surface area contributed by atoms with E-state index >= 15 is 0 Å². The van der Waals surface area contributed by atoms with Crippen molar-refractivity contribution in [2.45, 2.75) is 42.9 Å². The number of carbonyl (C=O) groups is 2. The third-order valence-electron chi connectivity index (χ3n) is 3.56. The van der Waals surface area contributed by atoms with Gasteiger partial charge in [-0.25, -0.2) is 13.2 Å². The number of carboxylic acid groups (broad SMARTS) is 1. The summed E-state index contributed by atoms with van der Waals surface area (Å²) in [7, 11) is -10.4. The van der Waals surface area contributed by atoms with Crippen LogP contribution in [0.5, 0.6) is 0 Å². The average molecular weight is 497 g/mol. The second kappa shape index (κ2) is 10.7. The fraction of sp³-hybridized carbons (Fsp3) is 0.667. The summed E-state index contributed by atoms with van der Waals surface area (Å²) in [6.07, 6.45) is -12.8. The van der Waals surface area contributed by atoms with Crippen LogP contribution in [0.4, 0.5) is 0 Å². The van der Waals surface area contributed by atoms with Crippen LogP contribution >= 0.6 is 0 Å². The van der Waals surface area contributed by atoms with Crippen LogP contribution in [0.2, 0.25) is 0 Å². The zero-order valence-corrected chi connectivity index (χ0v) is 16.7. The molecule has 17 nitrogen and oxygen atoms in total. The van der Waals surface area contributed by atoms with Gasteiger partial charge in [-0.15, -0.1) is 0 Å². The van der Waals surface area contributed by atoms with Crippen LogP contribution in [0.1, 0.15) is 0 Å². The Morgan fingerprint density at radius 1 is 1.23 bits per heavy atom. The number of carboxylic acids is 1. The van der Waals surface area contributed by atoms with Crippen molar-refractivity contribution in [2.24, 2.45) is 5.73 Å². The fourth-order valence-corrected chi connectivity index (χ4v) is 3.01. The molecule has 0 radical (unpaired) electrons. The Kier molecular flexibility index (Phi) is 9.40. The molecule has 31 heavy (non-hydrogen) atoms. The molecule has 7 unspecified atom stereocenters. The highest BCUT2D eigenvalue weighted by atomic mass is 32.3. The minimum absolute atomic E-state index is 0.0251. The van der Waals surface area contributed by atoms with Gasteiger partial charge in [0.1, 0.15) is 30.7 Å². The van der Waals surface area contributed by atoms with Crippen molar-refractivity contribution in [2.75, 3.05) is 6.61 Å². The first-order chi connectivity index (χ1) is 14.1. The number of ether oxygens (including phenoxy) is 2. The zero-order chi connectivity index (χ0) is 24.1. The predicted octanol–water partition coefficient (Wildman–Crippen LogP) is -4.69. The summed E-state index contributed by atoms with van der Waals surface area (Å²) in [5.74, 6) is -2.79. The van der Waals surface area contributed by atoms with Crippen LogP contribution < -0.4 is 5.73 Å². The van der Waals surface area contributed by atoms with E-state index in [-0.39, 0.29) is 6.29 Å². The normalized spacial score (nSPS) is 26.1. The van der Waals surface area contributed by atoms with E-state index in [1.54, 1.807) is 0 Å². The molecule has 0 amide bonds. The smallest absolute Gasteiger partial charge is 0.397 e. The fourth-order valence-electron chi connectivity index (χ4n) is 2.22. The topological polar surface area (TPSA) is 287 Å². The second-order valence-corrected chi connectivity index (χ2v) is 8.02. The molecule has 0 aromatic rings. The molecule has 0 fully saturated rings. The van der Waals surface area contributed by atoms with E-state index in [0.717, 1.165) is 0 Å². The highest BCUT2D eigenvalue weighted by Gasteiger charge is 2.45. The zero-order valence-electron chi connectivity index (χ0n) is 15.1. The molecule has 7 atom stereocenters. The number of nitrogens with two attached hydrogens (primary N) is 1. The first-order valence-electron chi connectivity index (χ1n) is 7.85. The molecule has 1 heterocycles. The third-order valence-corrected chi connectivity index (χ3v) is 4.46. The minimum atomic E-state index is -5.29. The lowest BCUT2D eigenvalue weighted by Gasteiger charge is -2.37. The molecule has 0 saturated carbocycles.